The van der Waals surface area contributed by atoms with Crippen LogP contribution in [-0.2, 0) is 0 Å². The van der Waals surface area contributed by atoms with Crippen LogP contribution in [0.4, 0.5) is 0 Å². The molecule has 21 heavy (non-hydrogen) atoms. The third kappa shape index (κ3) is 5.34. The van der Waals surface area contributed by atoms with Crippen LogP contribution >= 0.6 is 11.8 Å². The molecule has 1 fully saturated rings. The van der Waals surface area contributed by atoms with Gasteiger partial charge >= 0.3 is 0 Å². The molecule has 0 amide bonds. The van der Waals surface area contributed by atoms with E-state index in [4.69, 9.17) is 0 Å². The van der Waals surface area contributed by atoms with Gasteiger partial charge in [-0.05, 0) is 68.7 Å². The maximum Gasteiger partial charge on any atom is 0.0291 e. The predicted octanol–water partition coefficient (Wildman–Crippen LogP) is 5.66. The van der Waals surface area contributed by atoms with E-state index in [1.54, 1.807) is 0 Å². The Morgan fingerprint density at radius 2 is 1.71 bits per heavy atom. The van der Waals surface area contributed by atoms with Crippen molar-refractivity contribution in [2.24, 2.45) is 11.8 Å². The van der Waals surface area contributed by atoms with E-state index in [1.165, 1.54) is 36.1 Å². The van der Waals surface area contributed by atoms with Gasteiger partial charge in [-0.3, -0.25) is 0 Å². The van der Waals surface area contributed by atoms with Crippen molar-refractivity contribution in [3.05, 3.63) is 29.8 Å². The zero-order chi connectivity index (χ0) is 15.2. The normalized spacial score (nSPS) is 27.5. The van der Waals surface area contributed by atoms with Gasteiger partial charge in [0.25, 0.3) is 0 Å². The second kappa shape index (κ2) is 8.24. The highest BCUT2D eigenvalue weighted by atomic mass is 32.2. The highest BCUT2D eigenvalue weighted by molar-refractivity contribution is 8.00. The first-order valence-electron chi connectivity index (χ1n) is 8.58. The molecule has 0 aromatic heterocycles. The highest BCUT2D eigenvalue weighted by Gasteiger charge is 2.24. The van der Waals surface area contributed by atoms with Gasteiger partial charge in [0.1, 0.15) is 0 Å². The van der Waals surface area contributed by atoms with Gasteiger partial charge in [0.05, 0.1) is 0 Å². The maximum absolute atomic E-state index is 3.55. The van der Waals surface area contributed by atoms with Gasteiger partial charge in [-0.2, -0.15) is 0 Å². The fourth-order valence-corrected chi connectivity index (χ4v) is 5.00. The standard InChI is InChI=1S/C19H31NS/c1-5-10-20-16(4)17-6-8-18(9-7-17)21-19-12-14(2)11-15(3)13-19/h6-9,14-16,19-20H,5,10-13H2,1-4H3. The monoisotopic (exact) mass is 305 g/mol. The number of hydrogen-bond donors (Lipinski definition) is 1. The molecule has 0 spiro atoms. The zero-order valence-electron chi connectivity index (χ0n) is 14.1. The van der Waals surface area contributed by atoms with Gasteiger partial charge in [0.15, 0.2) is 0 Å². The highest BCUT2D eigenvalue weighted by Crippen LogP contribution is 2.38. The molecule has 2 rings (SSSR count). The van der Waals surface area contributed by atoms with Crippen molar-refractivity contribution < 1.29 is 0 Å². The molecule has 1 aromatic carbocycles. The Balaban J connectivity index is 1.90. The second-order valence-corrected chi connectivity index (χ2v) is 8.28. The van der Waals surface area contributed by atoms with E-state index in [2.05, 4.69) is 69.0 Å². The molecule has 1 saturated carbocycles. The summed E-state index contributed by atoms with van der Waals surface area (Å²) >= 11 is 2.09. The van der Waals surface area contributed by atoms with Crippen molar-refractivity contribution in [3.63, 3.8) is 0 Å². The number of benzene rings is 1. The molecule has 0 radical (unpaired) electrons. The fraction of sp³-hybridized carbons (Fsp3) is 0.684. The van der Waals surface area contributed by atoms with E-state index in [0.717, 1.165) is 23.6 Å². The molecule has 0 saturated heterocycles. The molecule has 0 heterocycles. The van der Waals surface area contributed by atoms with Crippen LogP contribution in [0.25, 0.3) is 0 Å². The number of rotatable bonds is 6. The van der Waals surface area contributed by atoms with Crippen molar-refractivity contribution in [1.29, 1.82) is 0 Å². The van der Waals surface area contributed by atoms with E-state index in [9.17, 15) is 0 Å². The quantitative estimate of drug-likeness (QED) is 0.727. The van der Waals surface area contributed by atoms with Gasteiger partial charge in [-0.15, -0.1) is 11.8 Å². The molecule has 2 heteroatoms. The molecule has 0 bridgehead atoms. The lowest BCUT2D eigenvalue weighted by atomic mass is 9.83. The Morgan fingerprint density at radius 3 is 2.29 bits per heavy atom. The summed E-state index contributed by atoms with van der Waals surface area (Å²) in [6.45, 7) is 10.4. The van der Waals surface area contributed by atoms with Crippen LogP contribution in [0.1, 0.15) is 65.0 Å². The minimum absolute atomic E-state index is 0.457. The first-order valence-corrected chi connectivity index (χ1v) is 9.46. The average molecular weight is 306 g/mol. The van der Waals surface area contributed by atoms with Gasteiger partial charge < -0.3 is 5.32 Å². The molecule has 1 aliphatic rings. The van der Waals surface area contributed by atoms with Crippen molar-refractivity contribution in [1.82, 2.24) is 5.32 Å². The van der Waals surface area contributed by atoms with Gasteiger partial charge in [-0.1, -0.05) is 32.9 Å². The Kier molecular flexibility index (Phi) is 6.63. The largest absolute Gasteiger partial charge is 0.310 e. The molecule has 118 valence electrons. The van der Waals surface area contributed by atoms with Crippen molar-refractivity contribution in [2.75, 3.05) is 6.54 Å². The third-order valence-corrected chi connectivity index (χ3v) is 5.78. The SMILES string of the molecule is CCCNC(C)c1ccc(SC2CC(C)CC(C)C2)cc1. The average Bonchev–Trinajstić information content (AvgIpc) is 2.44. The topological polar surface area (TPSA) is 12.0 Å². The molecule has 3 atom stereocenters. The van der Waals surface area contributed by atoms with E-state index in [1.807, 2.05) is 0 Å². The Morgan fingerprint density at radius 1 is 1.10 bits per heavy atom. The minimum atomic E-state index is 0.457. The molecule has 0 aliphatic heterocycles. The molecule has 3 unspecified atom stereocenters. The lowest BCUT2D eigenvalue weighted by molar-refractivity contribution is 0.309. The molecule has 1 aromatic rings. The maximum atomic E-state index is 3.55. The van der Waals surface area contributed by atoms with Gasteiger partial charge in [0.2, 0.25) is 0 Å². The number of nitrogens with one attached hydrogen (secondary N) is 1. The molecular weight excluding hydrogens is 274 g/mol. The van der Waals surface area contributed by atoms with E-state index >= 15 is 0 Å². The van der Waals surface area contributed by atoms with Crippen LogP contribution in [0.2, 0.25) is 0 Å². The Hall–Kier alpha value is -0.470. The van der Waals surface area contributed by atoms with Crippen LogP contribution in [-0.4, -0.2) is 11.8 Å². The van der Waals surface area contributed by atoms with E-state index in [0.29, 0.717) is 6.04 Å². The summed E-state index contributed by atoms with van der Waals surface area (Å²) in [5.41, 5.74) is 1.40. The third-order valence-electron chi connectivity index (χ3n) is 4.52. The van der Waals surface area contributed by atoms with E-state index in [-0.39, 0.29) is 0 Å². The summed E-state index contributed by atoms with van der Waals surface area (Å²) in [7, 11) is 0. The van der Waals surface area contributed by atoms with Crippen LogP contribution in [0.15, 0.2) is 29.2 Å². The number of hydrogen-bond acceptors (Lipinski definition) is 2. The summed E-state index contributed by atoms with van der Waals surface area (Å²) in [6, 6.07) is 9.68. The van der Waals surface area contributed by atoms with Crippen molar-refractivity contribution in [3.8, 4) is 0 Å². The van der Waals surface area contributed by atoms with Gasteiger partial charge in [-0.25, -0.2) is 0 Å². The molecular formula is C19H31NS. The summed E-state index contributed by atoms with van der Waals surface area (Å²) in [5.74, 6) is 1.78. The Bertz CT molecular complexity index is 404. The summed E-state index contributed by atoms with van der Waals surface area (Å²) in [4.78, 5) is 1.44. The van der Waals surface area contributed by atoms with Crippen LogP contribution in [0.5, 0.6) is 0 Å². The lowest BCUT2D eigenvalue weighted by Gasteiger charge is -2.31. The van der Waals surface area contributed by atoms with Crippen molar-refractivity contribution in [2.45, 2.75) is 69.6 Å². The summed E-state index contributed by atoms with van der Waals surface area (Å²) in [5, 5.41) is 4.36. The first-order chi connectivity index (χ1) is 10.1. The minimum Gasteiger partial charge on any atom is -0.310 e. The first kappa shape index (κ1) is 16.9. The van der Waals surface area contributed by atoms with Crippen LogP contribution in [0.3, 0.4) is 0 Å². The smallest absolute Gasteiger partial charge is 0.0291 e. The fourth-order valence-electron chi connectivity index (χ4n) is 3.48. The molecule has 1 aliphatic carbocycles. The second-order valence-electron chi connectivity index (χ2n) is 6.90. The van der Waals surface area contributed by atoms with Gasteiger partial charge in [0, 0.05) is 16.2 Å². The molecule has 1 N–H and O–H groups in total. The summed E-state index contributed by atoms with van der Waals surface area (Å²) < 4.78 is 0. The number of thioether (sulfide) groups is 1. The van der Waals surface area contributed by atoms with Crippen LogP contribution in [0, 0.1) is 11.8 Å². The summed E-state index contributed by atoms with van der Waals surface area (Å²) in [6.07, 6.45) is 5.36. The lowest BCUT2D eigenvalue weighted by Crippen LogP contribution is -2.21. The van der Waals surface area contributed by atoms with Crippen molar-refractivity contribution >= 4 is 11.8 Å². The molecule has 1 nitrogen and oxygen atoms in total. The zero-order valence-corrected chi connectivity index (χ0v) is 14.9. The predicted molar refractivity (Wildman–Crippen MR) is 95.0 cm³/mol. The Labute approximate surface area is 135 Å². The van der Waals surface area contributed by atoms with Crippen LogP contribution < -0.4 is 5.32 Å². The van der Waals surface area contributed by atoms with E-state index < -0.39 is 0 Å².